The summed E-state index contributed by atoms with van der Waals surface area (Å²) >= 11 is 0. The highest BCUT2D eigenvalue weighted by molar-refractivity contribution is 6.02. The molecule has 0 atom stereocenters. The molecule has 0 bridgehead atoms. The second kappa shape index (κ2) is 5.55. The molecule has 0 aliphatic rings. The summed E-state index contributed by atoms with van der Waals surface area (Å²) in [7, 11) is 0. The highest BCUT2D eigenvalue weighted by Crippen LogP contribution is 2.33. The maximum atomic E-state index is 14.2. The number of nitrogens with zero attached hydrogens (tertiary/aromatic N) is 1. The fraction of sp³-hybridized carbons (Fsp3) is 0. The van der Waals surface area contributed by atoms with Crippen molar-refractivity contribution in [3.05, 3.63) is 66.0 Å². The number of aromatic amines is 2. The van der Waals surface area contributed by atoms with Gasteiger partial charge in [0.05, 0.1) is 11.3 Å². The molecule has 3 heterocycles. The molecule has 4 rings (SSSR count). The van der Waals surface area contributed by atoms with Crippen LogP contribution >= 0.6 is 0 Å². The number of nitrogens with two attached hydrogens (primary N) is 1. The molecule has 0 spiro atoms. The smallest absolute Gasteiger partial charge is 0.250 e. The van der Waals surface area contributed by atoms with Crippen LogP contribution < -0.4 is 5.73 Å². The molecule has 1 amide bonds. The van der Waals surface area contributed by atoms with Crippen LogP contribution in [0.3, 0.4) is 0 Å². The number of pyridine rings is 1. The zero-order valence-electron chi connectivity index (χ0n) is 12.8. The molecule has 0 radical (unpaired) electrons. The van der Waals surface area contributed by atoms with Crippen LogP contribution in [0.1, 0.15) is 10.4 Å². The molecule has 4 N–H and O–H groups in total. The summed E-state index contributed by atoms with van der Waals surface area (Å²) in [5.74, 6) is -2.78. The van der Waals surface area contributed by atoms with Crippen LogP contribution in [0.2, 0.25) is 0 Å². The first-order valence-electron chi connectivity index (χ1n) is 7.46. The van der Waals surface area contributed by atoms with Crippen LogP contribution in [0.4, 0.5) is 8.78 Å². The first-order valence-corrected chi connectivity index (χ1v) is 7.46. The molecule has 0 aliphatic carbocycles. The van der Waals surface area contributed by atoms with Gasteiger partial charge in [-0.3, -0.25) is 4.79 Å². The van der Waals surface area contributed by atoms with Gasteiger partial charge in [0.1, 0.15) is 5.65 Å². The number of hydrogen-bond donors (Lipinski definition) is 3. The van der Waals surface area contributed by atoms with Crippen LogP contribution in [0.15, 0.2) is 48.8 Å². The molecule has 3 aromatic heterocycles. The van der Waals surface area contributed by atoms with Crippen molar-refractivity contribution in [2.75, 3.05) is 0 Å². The van der Waals surface area contributed by atoms with Gasteiger partial charge in [0, 0.05) is 34.6 Å². The summed E-state index contributed by atoms with van der Waals surface area (Å²) in [4.78, 5) is 22.0. The lowest BCUT2D eigenvalue weighted by Gasteiger charge is -2.04. The molecule has 5 nitrogen and oxygen atoms in total. The van der Waals surface area contributed by atoms with Gasteiger partial charge in [-0.25, -0.2) is 13.8 Å². The van der Waals surface area contributed by atoms with Crippen molar-refractivity contribution in [1.29, 1.82) is 0 Å². The Morgan fingerprint density at radius 3 is 2.76 bits per heavy atom. The molecule has 4 aromatic rings. The number of hydrogen-bond acceptors (Lipinski definition) is 2. The molecule has 0 saturated carbocycles. The molecule has 0 aliphatic heterocycles. The number of primary amides is 1. The number of rotatable bonds is 3. The number of amides is 1. The van der Waals surface area contributed by atoms with Crippen LogP contribution in [-0.4, -0.2) is 20.9 Å². The normalized spacial score (nSPS) is 11.1. The molecule has 124 valence electrons. The number of carbonyl (C=O) groups is 1. The Labute approximate surface area is 140 Å². The predicted molar refractivity (Wildman–Crippen MR) is 89.8 cm³/mol. The number of halogens is 2. The van der Waals surface area contributed by atoms with E-state index >= 15 is 0 Å². The van der Waals surface area contributed by atoms with Crippen molar-refractivity contribution >= 4 is 16.9 Å². The minimum atomic E-state index is -1.04. The van der Waals surface area contributed by atoms with Crippen LogP contribution in [0, 0.1) is 11.6 Å². The number of aromatic nitrogens is 3. The minimum Gasteiger partial charge on any atom is -0.366 e. The van der Waals surface area contributed by atoms with Gasteiger partial charge in [-0.05, 0) is 30.3 Å². The van der Waals surface area contributed by atoms with Crippen molar-refractivity contribution in [3.63, 3.8) is 0 Å². The number of nitrogens with one attached hydrogen (secondary N) is 2. The first-order chi connectivity index (χ1) is 12.1. The zero-order chi connectivity index (χ0) is 17.6. The van der Waals surface area contributed by atoms with Crippen molar-refractivity contribution in [2.24, 2.45) is 5.73 Å². The lowest BCUT2D eigenvalue weighted by atomic mass is 10.1. The zero-order valence-corrected chi connectivity index (χ0v) is 12.8. The van der Waals surface area contributed by atoms with Gasteiger partial charge in [-0.1, -0.05) is 6.07 Å². The van der Waals surface area contributed by atoms with E-state index in [1.807, 2.05) is 6.07 Å². The Hall–Kier alpha value is -3.48. The second-order valence-corrected chi connectivity index (χ2v) is 5.54. The van der Waals surface area contributed by atoms with Crippen molar-refractivity contribution in [1.82, 2.24) is 15.0 Å². The highest BCUT2D eigenvalue weighted by atomic mass is 19.2. The molecule has 0 saturated heterocycles. The fourth-order valence-electron chi connectivity index (χ4n) is 2.90. The summed E-state index contributed by atoms with van der Waals surface area (Å²) in [5.41, 5.74) is 7.58. The molecule has 0 unspecified atom stereocenters. The Kier molecular flexibility index (Phi) is 3.35. The van der Waals surface area contributed by atoms with E-state index in [-0.39, 0.29) is 16.8 Å². The summed E-state index contributed by atoms with van der Waals surface area (Å²) < 4.78 is 27.8. The summed E-state index contributed by atoms with van der Waals surface area (Å²) in [6.07, 6.45) is 3.35. The quantitative estimate of drug-likeness (QED) is 0.533. The minimum absolute atomic E-state index is 0.0561. The maximum Gasteiger partial charge on any atom is 0.250 e. The summed E-state index contributed by atoms with van der Waals surface area (Å²) in [5, 5.41) is 0.825. The predicted octanol–water partition coefficient (Wildman–Crippen LogP) is 3.60. The van der Waals surface area contributed by atoms with E-state index in [0.717, 1.165) is 17.0 Å². The van der Waals surface area contributed by atoms with Gasteiger partial charge in [0.15, 0.2) is 11.6 Å². The van der Waals surface area contributed by atoms with Gasteiger partial charge in [0.25, 0.3) is 5.91 Å². The largest absolute Gasteiger partial charge is 0.366 e. The molecular weight excluding hydrogens is 326 g/mol. The molecule has 1 aromatic carbocycles. The lowest BCUT2D eigenvalue weighted by molar-refractivity contribution is 0.100. The van der Waals surface area contributed by atoms with Crippen LogP contribution in [-0.2, 0) is 0 Å². The highest BCUT2D eigenvalue weighted by Gasteiger charge is 2.20. The van der Waals surface area contributed by atoms with E-state index in [2.05, 4.69) is 15.0 Å². The first kappa shape index (κ1) is 15.1. The van der Waals surface area contributed by atoms with E-state index in [9.17, 15) is 13.6 Å². The third-order valence-corrected chi connectivity index (χ3v) is 4.05. The van der Waals surface area contributed by atoms with E-state index in [4.69, 9.17) is 5.73 Å². The molecule has 25 heavy (non-hydrogen) atoms. The number of benzene rings is 1. The van der Waals surface area contributed by atoms with Gasteiger partial charge in [-0.2, -0.15) is 0 Å². The third-order valence-electron chi connectivity index (χ3n) is 4.05. The lowest BCUT2D eigenvalue weighted by Crippen LogP contribution is -2.11. The van der Waals surface area contributed by atoms with Crippen LogP contribution in [0.25, 0.3) is 33.5 Å². The maximum absolute atomic E-state index is 14.2. The summed E-state index contributed by atoms with van der Waals surface area (Å²) in [6, 6.07) is 8.90. The number of H-pyrrole nitrogens is 2. The Morgan fingerprint density at radius 1 is 1.12 bits per heavy atom. The number of fused-ring (bicyclic) bond motifs is 1. The average molecular weight is 338 g/mol. The van der Waals surface area contributed by atoms with Crippen molar-refractivity contribution in [2.45, 2.75) is 0 Å². The van der Waals surface area contributed by atoms with E-state index in [1.165, 1.54) is 18.2 Å². The van der Waals surface area contributed by atoms with Gasteiger partial charge < -0.3 is 15.7 Å². The van der Waals surface area contributed by atoms with Gasteiger partial charge >= 0.3 is 0 Å². The van der Waals surface area contributed by atoms with Gasteiger partial charge in [-0.15, -0.1) is 0 Å². The van der Waals surface area contributed by atoms with Crippen molar-refractivity contribution < 1.29 is 13.6 Å². The molecule has 0 fully saturated rings. The standard InChI is InChI=1S/C18H12F2N4O/c19-13-3-1-2-11(15(13)20)16-12(17(21)25)8-14(24-16)9-4-6-22-18-10(9)5-7-23-18/h1-8,24H,(H2,21,25)(H,22,23). The SMILES string of the molecule is NC(=O)c1cc(-c2ccnc3[nH]ccc23)[nH]c1-c1cccc(F)c1F. The van der Waals surface area contributed by atoms with E-state index in [1.54, 1.807) is 18.5 Å². The van der Waals surface area contributed by atoms with Gasteiger partial charge in [0.2, 0.25) is 0 Å². The second-order valence-electron chi connectivity index (χ2n) is 5.54. The number of carbonyl (C=O) groups excluding carboxylic acids is 1. The van der Waals surface area contributed by atoms with E-state index < -0.39 is 17.5 Å². The monoisotopic (exact) mass is 338 g/mol. The van der Waals surface area contributed by atoms with Crippen molar-refractivity contribution in [3.8, 4) is 22.5 Å². The average Bonchev–Trinajstić information content (AvgIpc) is 3.23. The third kappa shape index (κ3) is 2.37. The molecular formula is C18H12F2N4O. The summed E-state index contributed by atoms with van der Waals surface area (Å²) in [6.45, 7) is 0. The topological polar surface area (TPSA) is 87.6 Å². The van der Waals surface area contributed by atoms with Crippen LogP contribution in [0.5, 0.6) is 0 Å². The Balaban J connectivity index is 1.97. The Bertz CT molecular complexity index is 1110. The fourth-order valence-corrected chi connectivity index (χ4v) is 2.90. The molecule has 7 heteroatoms. The van der Waals surface area contributed by atoms with E-state index in [0.29, 0.717) is 11.3 Å². The Morgan fingerprint density at radius 2 is 1.96 bits per heavy atom.